The zero-order valence-corrected chi connectivity index (χ0v) is 24.0. The van der Waals surface area contributed by atoms with Gasteiger partial charge in [0.25, 0.3) is 0 Å². The second-order valence-electron chi connectivity index (χ2n) is 10.5. The van der Waals surface area contributed by atoms with Gasteiger partial charge in [0.05, 0.1) is 0 Å². The van der Waals surface area contributed by atoms with Crippen LogP contribution in [0, 0.1) is 13.8 Å². The lowest BCUT2D eigenvalue weighted by molar-refractivity contribution is 1.42. The van der Waals surface area contributed by atoms with Crippen molar-refractivity contribution in [3.63, 3.8) is 0 Å². The van der Waals surface area contributed by atoms with Gasteiger partial charge in [0, 0.05) is 30.6 Å². The summed E-state index contributed by atoms with van der Waals surface area (Å²) in [5.41, 5.74) is 13.6. The summed E-state index contributed by atoms with van der Waals surface area (Å²) >= 11 is 3.80. The molecule has 5 aromatic carbocycles. The van der Waals surface area contributed by atoms with Crippen molar-refractivity contribution in [3.05, 3.63) is 132 Å². The monoisotopic (exact) mass is 546 g/mol. The van der Waals surface area contributed by atoms with Gasteiger partial charge in [-0.15, -0.1) is 22.7 Å². The van der Waals surface area contributed by atoms with Gasteiger partial charge in [-0.1, -0.05) is 97.1 Å². The molecule has 0 amide bonds. The highest BCUT2D eigenvalue weighted by Crippen LogP contribution is 2.56. The smallest absolute Gasteiger partial charge is 0.0358 e. The van der Waals surface area contributed by atoms with Crippen LogP contribution in [0.15, 0.2) is 121 Å². The van der Waals surface area contributed by atoms with Gasteiger partial charge in [-0.2, -0.15) is 0 Å². The topological polar surface area (TPSA) is 0 Å². The minimum Gasteiger partial charge on any atom is -0.135 e. The second kappa shape index (κ2) is 9.16. The summed E-state index contributed by atoms with van der Waals surface area (Å²) in [6.45, 7) is 4.69. The highest BCUT2D eigenvalue weighted by atomic mass is 32.1. The van der Waals surface area contributed by atoms with Crippen molar-refractivity contribution in [1.82, 2.24) is 0 Å². The predicted molar refractivity (Wildman–Crippen MR) is 175 cm³/mol. The zero-order chi connectivity index (χ0) is 26.8. The highest BCUT2D eigenvalue weighted by molar-refractivity contribution is 7.20. The summed E-state index contributed by atoms with van der Waals surface area (Å²) in [6.07, 6.45) is 0. The van der Waals surface area contributed by atoms with E-state index in [0.717, 1.165) is 0 Å². The molecular weight excluding hydrogens is 521 g/mol. The van der Waals surface area contributed by atoms with Gasteiger partial charge >= 0.3 is 0 Å². The van der Waals surface area contributed by atoms with Crippen LogP contribution in [0.5, 0.6) is 0 Å². The Bertz CT molecular complexity index is 1910. The van der Waals surface area contributed by atoms with Gasteiger partial charge in [0.2, 0.25) is 0 Å². The normalized spacial score (nSPS) is 11.8. The van der Waals surface area contributed by atoms with Crippen LogP contribution in [0.25, 0.3) is 74.8 Å². The Balaban J connectivity index is 1.42. The molecule has 7 aromatic rings. The molecule has 0 nitrogen and oxygen atoms in total. The Morgan fingerprint density at radius 2 is 0.800 bits per heavy atom. The Hall–Kier alpha value is -4.24. The number of hydrogen-bond acceptors (Lipinski definition) is 2. The number of rotatable bonds is 4. The quantitative estimate of drug-likeness (QED) is 0.206. The van der Waals surface area contributed by atoms with Crippen molar-refractivity contribution in [2.45, 2.75) is 13.8 Å². The summed E-state index contributed by atoms with van der Waals surface area (Å²) in [6, 6.07) is 44.3. The molecule has 0 spiro atoms. The van der Waals surface area contributed by atoms with Crippen molar-refractivity contribution in [3.8, 4) is 64.0 Å². The number of benzene rings is 5. The van der Waals surface area contributed by atoms with Gasteiger partial charge < -0.3 is 0 Å². The molecule has 0 N–H and O–H groups in total. The summed E-state index contributed by atoms with van der Waals surface area (Å²) < 4.78 is 0. The van der Waals surface area contributed by atoms with Gasteiger partial charge in [-0.05, 0) is 93.4 Å². The van der Waals surface area contributed by atoms with Gasteiger partial charge in [0.15, 0.2) is 0 Å². The molecule has 0 unspecified atom stereocenters. The molecule has 1 aliphatic carbocycles. The molecule has 0 atom stereocenters. The van der Waals surface area contributed by atoms with E-state index in [1.165, 1.54) is 85.9 Å². The molecule has 8 rings (SSSR count). The molecular formula is C38H26S2. The fourth-order valence-corrected chi connectivity index (χ4v) is 8.75. The van der Waals surface area contributed by atoms with Crippen LogP contribution in [0.2, 0.25) is 0 Å². The summed E-state index contributed by atoms with van der Waals surface area (Å²) in [5, 5.41) is 2.71. The maximum absolute atomic E-state index is 2.34. The number of fused-ring (bicyclic) bond motifs is 3. The molecule has 0 fully saturated rings. The van der Waals surface area contributed by atoms with Crippen LogP contribution in [-0.2, 0) is 0 Å². The van der Waals surface area contributed by atoms with Crippen LogP contribution < -0.4 is 0 Å². The second-order valence-corrected chi connectivity index (χ2v) is 12.7. The van der Waals surface area contributed by atoms with Crippen molar-refractivity contribution in [2.24, 2.45) is 0 Å². The average Bonchev–Trinajstić information content (AvgIpc) is 3.75. The maximum atomic E-state index is 2.34. The zero-order valence-electron chi connectivity index (χ0n) is 22.4. The maximum Gasteiger partial charge on any atom is 0.0358 e. The fourth-order valence-electron chi connectivity index (χ4n) is 6.51. The first-order chi connectivity index (χ1) is 19.7. The molecule has 2 aromatic heterocycles. The predicted octanol–water partition coefficient (Wildman–Crippen LogP) is 11.9. The lowest BCUT2D eigenvalue weighted by Crippen LogP contribution is -1.96. The number of hydrogen-bond donors (Lipinski definition) is 0. The van der Waals surface area contributed by atoms with Crippen LogP contribution in [0.3, 0.4) is 0 Å². The molecule has 0 aliphatic heterocycles. The molecule has 2 heterocycles. The van der Waals surface area contributed by atoms with Crippen molar-refractivity contribution < 1.29 is 0 Å². The summed E-state index contributed by atoms with van der Waals surface area (Å²) in [4.78, 5) is 5.27. The SMILES string of the molecule is Cc1c(-c2ccc(-c3ccccc3)s2)c(-c2ccc(-c3ccccc3)s2)c(C)c2c1-c1cccc3cccc-2c13. The molecule has 2 heteroatoms. The van der Waals surface area contributed by atoms with E-state index >= 15 is 0 Å². The van der Waals surface area contributed by atoms with Crippen LogP contribution in [0.1, 0.15) is 11.1 Å². The van der Waals surface area contributed by atoms with Crippen molar-refractivity contribution in [1.29, 1.82) is 0 Å². The molecule has 0 radical (unpaired) electrons. The van der Waals surface area contributed by atoms with E-state index in [1.807, 2.05) is 22.7 Å². The van der Waals surface area contributed by atoms with Crippen LogP contribution in [-0.4, -0.2) is 0 Å². The van der Waals surface area contributed by atoms with E-state index in [9.17, 15) is 0 Å². The van der Waals surface area contributed by atoms with Gasteiger partial charge in [0.1, 0.15) is 0 Å². The summed E-state index contributed by atoms with van der Waals surface area (Å²) in [7, 11) is 0. The Morgan fingerprint density at radius 3 is 1.25 bits per heavy atom. The first kappa shape index (κ1) is 23.6. The Labute approximate surface area is 242 Å². The van der Waals surface area contributed by atoms with E-state index in [0.29, 0.717) is 0 Å². The third kappa shape index (κ3) is 3.50. The standard InChI is InChI=1S/C38H26S2/c1-23-34-28-17-9-15-27-16-10-18-29(38(27)28)35(34)24(2)37(33-22-20-31(40-33)26-13-7-4-8-14-26)36(23)32-21-19-30(39-32)25-11-5-3-6-12-25/h3-22H,1-2H3. The largest absolute Gasteiger partial charge is 0.135 e. The molecule has 40 heavy (non-hydrogen) atoms. The molecule has 0 saturated heterocycles. The third-order valence-corrected chi connectivity index (χ3v) is 10.6. The Morgan fingerprint density at radius 1 is 0.375 bits per heavy atom. The van der Waals surface area contributed by atoms with Gasteiger partial charge in [-0.3, -0.25) is 0 Å². The van der Waals surface area contributed by atoms with Crippen molar-refractivity contribution in [2.75, 3.05) is 0 Å². The first-order valence-electron chi connectivity index (χ1n) is 13.7. The first-order valence-corrected chi connectivity index (χ1v) is 15.3. The Kier molecular flexibility index (Phi) is 5.41. The van der Waals surface area contributed by atoms with E-state index in [4.69, 9.17) is 0 Å². The summed E-state index contributed by atoms with van der Waals surface area (Å²) in [5.74, 6) is 0. The lowest BCUT2D eigenvalue weighted by atomic mass is 9.85. The van der Waals surface area contributed by atoms with Crippen molar-refractivity contribution >= 4 is 33.4 Å². The molecule has 190 valence electrons. The molecule has 0 bridgehead atoms. The third-order valence-electron chi connectivity index (χ3n) is 8.26. The highest BCUT2D eigenvalue weighted by Gasteiger charge is 2.30. The van der Waals surface area contributed by atoms with E-state index in [-0.39, 0.29) is 0 Å². The minimum atomic E-state index is 1.27. The molecule has 0 saturated carbocycles. The number of thiophene rings is 2. The fraction of sp³-hybridized carbons (Fsp3) is 0.0526. The minimum absolute atomic E-state index is 1.27. The van der Waals surface area contributed by atoms with E-state index in [1.54, 1.807) is 0 Å². The average molecular weight is 547 g/mol. The van der Waals surface area contributed by atoms with E-state index < -0.39 is 0 Å². The van der Waals surface area contributed by atoms with Gasteiger partial charge in [-0.25, -0.2) is 0 Å². The lowest BCUT2D eigenvalue weighted by Gasteiger charge is -2.20. The molecule has 1 aliphatic rings. The van der Waals surface area contributed by atoms with E-state index in [2.05, 4.69) is 135 Å². The van der Waals surface area contributed by atoms with Crippen LogP contribution >= 0.6 is 22.7 Å². The van der Waals surface area contributed by atoms with Crippen LogP contribution in [0.4, 0.5) is 0 Å².